The molecule has 120 valence electrons. The Morgan fingerprint density at radius 1 is 1.48 bits per heavy atom. The number of rotatable bonds is 5. The first-order valence-electron chi connectivity index (χ1n) is 7.11. The number of amides is 1. The number of aryl methyl sites for hydroxylation is 1. The number of carbonyl (C=O) groups excluding carboxylic acids is 1. The van der Waals surface area contributed by atoms with Gasteiger partial charge in [0.05, 0.1) is 23.0 Å². The number of anilines is 1. The molecule has 0 saturated carbocycles. The SMILES string of the molecule is CCc1cc(Br)cc2sc(NC(=O)c3cn(CCN)nn3)nc12. The molecule has 2 heterocycles. The van der Waals surface area contributed by atoms with Crippen LogP contribution in [-0.2, 0) is 13.0 Å². The van der Waals surface area contributed by atoms with Gasteiger partial charge in [-0.1, -0.05) is 39.4 Å². The highest BCUT2D eigenvalue weighted by Gasteiger charge is 2.15. The van der Waals surface area contributed by atoms with E-state index in [2.05, 4.69) is 43.5 Å². The third-order valence-electron chi connectivity index (χ3n) is 3.27. The maximum Gasteiger partial charge on any atom is 0.279 e. The van der Waals surface area contributed by atoms with Crippen LogP contribution in [0.15, 0.2) is 22.8 Å². The van der Waals surface area contributed by atoms with Crippen molar-refractivity contribution in [2.24, 2.45) is 5.73 Å². The quantitative estimate of drug-likeness (QED) is 0.692. The number of fused-ring (bicyclic) bond motifs is 1. The topological polar surface area (TPSA) is 98.7 Å². The molecule has 0 aliphatic carbocycles. The van der Waals surface area contributed by atoms with Gasteiger partial charge in [0.25, 0.3) is 5.91 Å². The van der Waals surface area contributed by atoms with E-state index in [1.165, 1.54) is 11.3 Å². The molecule has 1 aromatic carbocycles. The molecule has 0 atom stereocenters. The van der Waals surface area contributed by atoms with Crippen LogP contribution in [0.1, 0.15) is 23.0 Å². The van der Waals surface area contributed by atoms with E-state index >= 15 is 0 Å². The largest absolute Gasteiger partial charge is 0.329 e. The van der Waals surface area contributed by atoms with Gasteiger partial charge in [0.15, 0.2) is 10.8 Å². The average Bonchev–Trinajstić information content (AvgIpc) is 3.13. The standard InChI is InChI=1S/C14H15BrN6OS/c1-2-8-5-9(15)6-11-12(8)17-14(23-11)18-13(22)10-7-21(4-3-16)20-19-10/h5-7H,2-4,16H2,1H3,(H,17,18,22). The third kappa shape index (κ3) is 3.41. The van der Waals surface area contributed by atoms with Crippen molar-refractivity contribution in [3.63, 3.8) is 0 Å². The first-order chi connectivity index (χ1) is 11.1. The highest BCUT2D eigenvalue weighted by Crippen LogP contribution is 2.31. The van der Waals surface area contributed by atoms with E-state index in [1.807, 2.05) is 12.1 Å². The van der Waals surface area contributed by atoms with Crippen molar-refractivity contribution in [3.8, 4) is 0 Å². The molecule has 0 radical (unpaired) electrons. The number of thiazole rings is 1. The fourth-order valence-electron chi connectivity index (χ4n) is 2.19. The van der Waals surface area contributed by atoms with Gasteiger partial charge in [-0.15, -0.1) is 5.10 Å². The van der Waals surface area contributed by atoms with Crippen LogP contribution in [0.25, 0.3) is 10.2 Å². The zero-order chi connectivity index (χ0) is 16.4. The second-order valence-corrected chi connectivity index (χ2v) is 6.84. The second-order valence-electron chi connectivity index (χ2n) is 4.89. The summed E-state index contributed by atoms with van der Waals surface area (Å²) in [4.78, 5) is 16.8. The molecule has 0 saturated heterocycles. The molecule has 3 rings (SSSR count). The van der Waals surface area contributed by atoms with E-state index in [-0.39, 0.29) is 11.6 Å². The van der Waals surface area contributed by atoms with Gasteiger partial charge in [-0.2, -0.15) is 0 Å². The summed E-state index contributed by atoms with van der Waals surface area (Å²) in [6.07, 6.45) is 2.45. The van der Waals surface area contributed by atoms with Crippen LogP contribution in [0, 0.1) is 0 Å². The monoisotopic (exact) mass is 394 g/mol. The average molecular weight is 395 g/mol. The summed E-state index contributed by atoms with van der Waals surface area (Å²) in [5.74, 6) is -0.329. The maximum atomic E-state index is 12.2. The van der Waals surface area contributed by atoms with Crippen LogP contribution in [0.4, 0.5) is 5.13 Å². The van der Waals surface area contributed by atoms with Crippen LogP contribution < -0.4 is 11.1 Å². The summed E-state index contributed by atoms with van der Waals surface area (Å²) in [7, 11) is 0. The lowest BCUT2D eigenvalue weighted by molar-refractivity contribution is 0.102. The Morgan fingerprint density at radius 3 is 3.04 bits per heavy atom. The van der Waals surface area contributed by atoms with Crippen LogP contribution in [0.2, 0.25) is 0 Å². The van der Waals surface area contributed by atoms with Crippen LogP contribution in [0.5, 0.6) is 0 Å². The Kier molecular flexibility index (Phi) is 4.69. The Labute approximate surface area is 145 Å². The Morgan fingerprint density at radius 2 is 2.30 bits per heavy atom. The number of aromatic nitrogens is 4. The summed E-state index contributed by atoms with van der Waals surface area (Å²) in [5.41, 5.74) is 7.75. The van der Waals surface area contributed by atoms with Crippen molar-refractivity contribution in [2.75, 3.05) is 11.9 Å². The normalized spacial score (nSPS) is 11.1. The minimum Gasteiger partial charge on any atom is -0.329 e. The van der Waals surface area contributed by atoms with Crippen LogP contribution in [-0.4, -0.2) is 32.4 Å². The van der Waals surface area contributed by atoms with Crippen molar-refractivity contribution < 1.29 is 4.79 Å². The second kappa shape index (κ2) is 6.73. The van der Waals surface area contributed by atoms with Gasteiger partial charge in [0.1, 0.15) is 0 Å². The van der Waals surface area contributed by atoms with Gasteiger partial charge < -0.3 is 5.73 Å². The van der Waals surface area contributed by atoms with Gasteiger partial charge in [0, 0.05) is 11.0 Å². The van der Waals surface area contributed by atoms with Gasteiger partial charge in [0.2, 0.25) is 0 Å². The fraction of sp³-hybridized carbons (Fsp3) is 0.286. The molecule has 0 bridgehead atoms. The zero-order valence-corrected chi connectivity index (χ0v) is 14.8. The van der Waals surface area contributed by atoms with E-state index in [4.69, 9.17) is 5.73 Å². The first-order valence-corrected chi connectivity index (χ1v) is 8.72. The molecule has 3 aromatic rings. The Bertz CT molecular complexity index is 858. The minimum atomic E-state index is -0.329. The van der Waals surface area contributed by atoms with E-state index < -0.39 is 0 Å². The highest BCUT2D eigenvalue weighted by atomic mass is 79.9. The van der Waals surface area contributed by atoms with Gasteiger partial charge >= 0.3 is 0 Å². The molecule has 23 heavy (non-hydrogen) atoms. The molecule has 9 heteroatoms. The maximum absolute atomic E-state index is 12.2. The number of hydrogen-bond acceptors (Lipinski definition) is 6. The fourth-order valence-corrected chi connectivity index (χ4v) is 3.79. The van der Waals surface area contributed by atoms with Crippen LogP contribution >= 0.6 is 27.3 Å². The number of hydrogen-bond donors (Lipinski definition) is 2. The minimum absolute atomic E-state index is 0.245. The molecule has 0 aliphatic heterocycles. The summed E-state index contributed by atoms with van der Waals surface area (Å²) >= 11 is 4.93. The molecule has 0 spiro atoms. The lowest BCUT2D eigenvalue weighted by Crippen LogP contribution is -2.12. The van der Waals surface area contributed by atoms with E-state index in [0.717, 1.165) is 26.7 Å². The predicted octanol–water partition coefficient (Wildman–Crippen LogP) is 2.42. The predicted molar refractivity (Wildman–Crippen MR) is 93.7 cm³/mol. The van der Waals surface area contributed by atoms with E-state index in [9.17, 15) is 4.79 Å². The summed E-state index contributed by atoms with van der Waals surface area (Å²) in [6, 6.07) is 4.05. The van der Waals surface area contributed by atoms with Crippen molar-refractivity contribution in [1.29, 1.82) is 0 Å². The molecule has 0 aliphatic rings. The van der Waals surface area contributed by atoms with Crippen molar-refractivity contribution in [3.05, 3.63) is 34.1 Å². The summed E-state index contributed by atoms with van der Waals surface area (Å²) < 4.78 is 3.57. The number of benzene rings is 1. The van der Waals surface area contributed by atoms with E-state index in [0.29, 0.717) is 18.2 Å². The molecule has 2 aromatic heterocycles. The Balaban J connectivity index is 1.84. The molecule has 0 unspecified atom stereocenters. The molecular formula is C14H15BrN6OS. The smallest absolute Gasteiger partial charge is 0.279 e. The number of nitrogens with one attached hydrogen (secondary N) is 1. The zero-order valence-electron chi connectivity index (χ0n) is 12.4. The lowest BCUT2D eigenvalue weighted by atomic mass is 10.1. The van der Waals surface area contributed by atoms with Crippen molar-refractivity contribution >= 4 is 48.5 Å². The van der Waals surface area contributed by atoms with Crippen molar-refractivity contribution in [2.45, 2.75) is 19.9 Å². The highest BCUT2D eigenvalue weighted by molar-refractivity contribution is 9.10. The molecule has 1 amide bonds. The van der Waals surface area contributed by atoms with Gasteiger partial charge in [-0.3, -0.25) is 14.8 Å². The van der Waals surface area contributed by atoms with Crippen molar-refractivity contribution in [1.82, 2.24) is 20.0 Å². The van der Waals surface area contributed by atoms with Crippen LogP contribution in [0.3, 0.4) is 0 Å². The van der Waals surface area contributed by atoms with Gasteiger partial charge in [-0.05, 0) is 24.1 Å². The molecular weight excluding hydrogens is 380 g/mol. The van der Waals surface area contributed by atoms with E-state index in [1.54, 1.807) is 10.9 Å². The lowest BCUT2D eigenvalue weighted by Gasteiger charge is -1.98. The number of carbonyl (C=O) groups is 1. The first kappa shape index (κ1) is 16.0. The number of nitrogens with zero attached hydrogens (tertiary/aromatic N) is 4. The Hall–Kier alpha value is -1.84. The number of halogens is 1. The molecule has 7 nitrogen and oxygen atoms in total. The summed E-state index contributed by atoms with van der Waals surface area (Å²) in [6.45, 7) is 3.04. The third-order valence-corrected chi connectivity index (χ3v) is 4.65. The molecule has 0 fully saturated rings. The van der Waals surface area contributed by atoms with Gasteiger partial charge in [-0.25, -0.2) is 4.98 Å². The molecule has 3 N–H and O–H groups in total. The summed E-state index contributed by atoms with van der Waals surface area (Å²) in [5, 5.41) is 11.0. The number of nitrogens with two attached hydrogens (primary N) is 1.